The lowest BCUT2D eigenvalue weighted by Gasteiger charge is -2.13. The van der Waals surface area contributed by atoms with Crippen molar-refractivity contribution in [2.24, 2.45) is 0 Å². The van der Waals surface area contributed by atoms with Crippen LogP contribution in [0.5, 0.6) is 5.75 Å². The molecule has 3 aromatic rings. The first-order chi connectivity index (χ1) is 15.6. The summed E-state index contributed by atoms with van der Waals surface area (Å²) in [5.74, 6) is 1.84. The van der Waals surface area contributed by atoms with Crippen molar-refractivity contribution < 1.29 is 22.7 Å². The summed E-state index contributed by atoms with van der Waals surface area (Å²) >= 11 is 6.08. The lowest BCUT2D eigenvalue weighted by Crippen LogP contribution is -2.21. The van der Waals surface area contributed by atoms with Crippen molar-refractivity contribution in [3.63, 3.8) is 0 Å². The summed E-state index contributed by atoms with van der Waals surface area (Å²) in [5.41, 5.74) is 2.15. The number of hydrogen-bond acceptors (Lipinski definition) is 5. The van der Waals surface area contributed by atoms with Crippen molar-refractivity contribution in [2.75, 3.05) is 18.2 Å². The smallest absolute Gasteiger partial charge is 0.262 e. The minimum atomic E-state index is -3.35. The molecule has 0 saturated carbocycles. The molecule has 33 heavy (non-hydrogen) atoms. The number of nitrogens with one attached hydrogen (secondary N) is 1. The predicted octanol–water partition coefficient (Wildman–Crippen LogP) is 4.28. The van der Waals surface area contributed by atoms with E-state index in [1.54, 1.807) is 37.3 Å². The van der Waals surface area contributed by atoms with Gasteiger partial charge >= 0.3 is 0 Å². The van der Waals surface area contributed by atoms with E-state index in [-0.39, 0.29) is 28.6 Å². The van der Waals surface area contributed by atoms with Crippen LogP contribution in [0.4, 0.5) is 5.69 Å². The molecule has 1 amide bonds. The maximum Gasteiger partial charge on any atom is 0.262 e. The number of terminal acetylenes is 1. The summed E-state index contributed by atoms with van der Waals surface area (Å²) in [6.45, 7) is 1.31. The van der Waals surface area contributed by atoms with Crippen molar-refractivity contribution >= 4 is 38.8 Å². The number of sulfone groups is 1. The monoisotopic (exact) mass is 481 g/mol. The average molecular weight is 482 g/mol. The van der Waals surface area contributed by atoms with Crippen molar-refractivity contribution in [1.82, 2.24) is 0 Å². The van der Waals surface area contributed by atoms with Gasteiger partial charge in [-0.25, -0.2) is 8.42 Å². The van der Waals surface area contributed by atoms with Crippen LogP contribution in [0, 0.1) is 19.3 Å². The van der Waals surface area contributed by atoms with Crippen molar-refractivity contribution in [1.29, 1.82) is 0 Å². The third-order valence-electron chi connectivity index (χ3n) is 4.74. The average Bonchev–Trinajstić information content (AvgIpc) is 2.78. The normalized spacial score (nSPS) is 10.8. The highest BCUT2D eigenvalue weighted by Crippen LogP contribution is 2.26. The van der Waals surface area contributed by atoms with Gasteiger partial charge in [-0.05, 0) is 61.0 Å². The van der Waals surface area contributed by atoms with Crippen LogP contribution in [0.1, 0.15) is 27.0 Å². The molecule has 168 valence electrons. The lowest BCUT2D eigenvalue weighted by atomic mass is 10.0. The minimum absolute atomic E-state index is 0.160. The molecule has 0 bridgehead atoms. The van der Waals surface area contributed by atoms with Gasteiger partial charge in [-0.1, -0.05) is 29.7 Å². The molecule has 0 saturated heterocycles. The number of halogens is 1. The van der Waals surface area contributed by atoms with Crippen LogP contribution in [0.3, 0.4) is 0 Å². The Balaban J connectivity index is 1.76. The van der Waals surface area contributed by atoms with E-state index in [0.717, 1.165) is 6.26 Å². The van der Waals surface area contributed by atoms with E-state index in [1.165, 1.54) is 30.3 Å². The Morgan fingerprint density at radius 2 is 1.85 bits per heavy atom. The number of ketones is 1. The van der Waals surface area contributed by atoms with Crippen LogP contribution in [-0.2, 0) is 14.6 Å². The molecule has 0 spiro atoms. The van der Waals surface area contributed by atoms with Gasteiger partial charge in [0, 0.05) is 28.1 Å². The van der Waals surface area contributed by atoms with E-state index in [4.69, 9.17) is 22.8 Å². The molecule has 8 heteroatoms. The van der Waals surface area contributed by atoms with E-state index < -0.39 is 15.7 Å². The van der Waals surface area contributed by atoms with Gasteiger partial charge in [0.05, 0.1) is 10.5 Å². The maximum atomic E-state index is 13.0. The molecule has 0 aliphatic carbocycles. The zero-order valence-electron chi connectivity index (χ0n) is 17.9. The van der Waals surface area contributed by atoms with Gasteiger partial charge in [0.15, 0.2) is 22.2 Å². The maximum absolute atomic E-state index is 13.0. The van der Waals surface area contributed by atoms with Crippen molar-refractivity contribution in [2.45, 2.75) is 11.8 Å². The fourth-order valence-corrected chi connectivity index (χ4v) is 3.93. The molecule has 3 aromatic carbocycles. The fourth-order valence-electron chi connectivity index (χ4n) is 3.05. The SMILES string of the molecule is C#Cc1cccc(C(=O)c2cc(Cl)ccc2OCC(=O)Nc2ccc(S(C)(=O)=O)cc2C)c1. The van der Waals surface area contributed by atoms with Gasteiger partial charge in [0.1, 0.15) is 5.75 Å². The molecular weight excluding hydrogens is 462 g/mol. The molecule has 0 aliphatic rings. The van der Waals surface area contributed by atoms with Gasteiger partial charge in [0.25, 0.3) is 5.91 Å². The molecule has 0 unspecified atom stereocenters. The quantitative estimate of drug-likeness (QED) is 0.402. The third kappa shape index (κ3) is 6.01. The number of ether oxygens (including phenoxy) is 1. The van der Waals surface area contributed by atoms with E-state index in [1.807, 2.05) is 0 Å². The topological polar surface area (TPSA) is 89.5 Å². The number of carbonyl (C=O) groups is 2. The number of carbonyl (C=O) groups excluding carboxylic acids is 2. The van der Waals surface area contributed by atoms with E-state index in [0.29, 0.717) is 27.4 Å². The number of anilines is 1. The summed E-state index contributed by atoms with van der Waals surface area (Å²) in [5, 5.41) is 3.01. The van der Waals surface area contributed by atoms with Crippen molar-refractivity contribution in [3.05, 3.63) is 87.9 Å². The number of hydrogen-bond donors (Lipinski definition) is 1. The first-order valence-electron chi connectivity index (χ1n) is 9.73. The van der Waals surface area contributed by atoms with Gasteiger partial charge in [-0.15, -0.1) is 6.42 Å². The molecular formula is C25H20ClNO5S. The Hall–Kier alpha value is -3.60. The Labute approximate surface area is 197 Å². The summed E-state index contributed by atoms with van der Waals surface area (Å²) in [6, 6.07) is 15.5. The first kappa shape index (κ1) is 24.1. The predicted molar refractivity (Wildman–Crippen MR) is 128 cm³/mol. The van der Waals surface area contributed by atoms with Crippen LogP contribution in [0.2, 0.25) is 5.02 Å². The molecule has 1 N–H and O–H groups in total. The largest absolute Gasteiger partial charge is 0.483 e. The second-order valence-corrected chi connectivity index (χ2v) is 9.73. The van der Waals surface area contributed by atoms with Crippen LogP contribution in [0.25, 0.3) is 0 Å². The molecule has 3 rings (SSSR count). The Bertz CT molecular complexity index is 1390. The third-order valence-corrected chi connectivity index (χ3v) is 6.08. The lowest BCUT2D eigenvalue weighted by molar-refractivity contribution is -0.118. The van der Waals surface area contributed by atoms with Crippen LogP contribution in [0.15, 0.2) is 65.6 Å². The molecule has 0 aliphatic heterocycles. The van der Waals surface area contributed by atoms with Gasteiger partial charge < -0.3 is 10.1 Å². The highest BCUT2D eigenvalue weighted by molar-refractivity contribution is 7.90. The highest BCUT2D eigenvalue weighted by atomic mass is 35.5. The highest BCUT2D eigenvalue weighted by Gasteiger charge is 2.17. The number of rotatable bonds is 7. The summed E-state index contributed by atoms with van der Waals surface area (Å²) in [4.78, 5) is 25.6. The Morgan fingerprint density at radius 1 is 1.09 bits per heavy atom. The Kier molecular flexibility index (Phi) is 7.22. The van der Waals surface area contributed by atoms with E-state index >= 15 is 0 Å². The second kappa shape index (κ2) is 9.90. The van der Waals surface area contributed by atoms with Crippen LogP contribution >= 0.6 is 11.6 Å². The minimum Gasteiger partial charge on any atom is -0.483 e. The molecule has 6 nitrogen and oxygen atoms in total. The number of aryl methyl sites for hydroxylation is 1. The fraction of sp³-hybridized carbons (Fsp3) is 0.120. The van der Waals surface area contributed by atoms with E-state index in [2.05, 4.69) is 11.2 Å². The van der Waals surface area contributed by atoms with E-state index in [9.17, 15) is 18.0 Å². The molecule has 0 aromatic heterocycles. The van der Waals surface area contributed by atoms with Crippen LogP contribution < -0.4 is 10.1 Å². The number of benzene rings is 3. The summed E-state index contributed by atoms with van der Waals surface area (Å²) in [7, 11) is -3.35. The van der Waals surface area contributed by atoms with Crippen LogP contribution in [-0.4, -0.2) is 33.0 Å². The molecule has 0 radical (unpaired) electrons. The number of amides is 1. The van der Waals surface area contributed by atoms with Gasteiger partial charge in [0.2, 0.25) is 0 Å². The Morgan fingerprint density at radius 3 is 2.52 bits per heavy atom. The standard InChI is InChI=1S/C25H20ClNO5S/c1-4-17-6-5-7-18(13-17)25(29)21-14-19(26)8-11-23(21)32-15-24(28)27-22-10-9-20(12-16(22)2)33(3,30)31/h1,5-14H,15H2,2-3H3,(H,27,28). The van der Waals surface area contributed by atoms with Crippen molar-refractivity contribution in [3.8, 4) is 18.1 Å². The zero-order chi connectivity index (χ0) is 24.2. The first-order valence-corrected chi connectivity index (χ1v) is 12.0. The molecule has 0 heterocycles. The zero-order valence-corrected chi connectivity index (χ0v) is 19.5. The van der Waals surface area contributed by atoms with Gasteiger partial charge in [-0.2, -0.15) is 0 Å². The second-order valence-electron chi connectivity index (χ2n) is 7.28. The molecule has 0 atom stereocenters. The summed E-state index contributed by atoms with van der Waals surface area (Å²) in [6.07, 6.45) is 6.53. The summed E-state index contributed by atoms with van der Waals surface area (Å²) < 4.78 is 29.0. The molecule has 0 fully saturated rings. The van der Waals surface area contributed by atoms with Gasteiger partial charge in [-0.3, -0.25) is 9.59 Å².